The summed E-state index contributed by atoms with van der Waals surface area (Å²) in [7, 11) is 0. The summed E-state index contributed by atoms with van der Waals surface area (Å²) < 4.78 is 5.90. The average Bonchev–Trinajstić information content (AvgIpc) is 2.90. The van der Waals surface area contributed by atoms with Crippen molar-refractivity contribution in [1.82, 2.24) is 0 Å². The van der Waals surface area contributed by atoms with Gasteiger partial charge >= 0.3 is 0 Å². The second kappa shape index (κ2) is 5.13. The van der Waals surface area contributed by atoms with E-state index in [4.69, 9.17) is 16.3 Å². The zero-order valence-electron chi connectivity index (χ0n) is 10.1. The number of benzene rings is 2. The molecule has 0 radical (unpaired) electrons. The Kier molecular flexibility index (Phi) is 3.35. The summed E-state index contributed by atoms with van der Waals surface area (Å²) in [6.45, 7) is 0.803. The van der Waals surface area contributed by atoms with Crippen molar-refractivity contribution in [1.29, 1.82) is 0 Å². The smallest absolute Gasteiger partial charge is 0.0831 e. The Morgan fingerprint density at radius 1 is 0.889 bits per heavy atom. The predicted molar refractivity (Wildman–Crippen MR) is 73.9 cm³/mol. The van der Waals surface area contributed by atoms with E-state index in [2.05, 4.69) is 42.5 Å². The first-order chi connectivity index (χ1) is 8.83. The van der Waals surface area contributed by atoms with Gasteiger partial charge in [0.2, 0.25) is 0 Å². The van der Waals surface area contributed by atoms with Gasteiger partial charge in [-0.25, -0.2) is 0 Å². The molecule has 2 aromatic carbocycles. The first-order valence-corrected chi connectivity index (χ1v) is 6.63. The van der Waals surface area contributed by atoms with E-state index in [1.165, 1.54) is 11.1 Å². The van der Waals surface area contributed by atoms with Gasteiger partial charge in [-0.1, -0.05) is 54.1 Å². The average molecular weight is 259 g/mol. The fourth-order valence-corrected chi connectivity index (χ4v) is 2.62. The summed E-state index contributed by atoms with van der Waals surface area (Å²) in [5.41, 5.74) is 2.59. The van der Waals surface area contributed by atoms with Gasteiger partial charge in [0, 0.05) is 10.9 Å². The van der Waals surface area contributed by atoms with Gasteiger partial charge in [-0.15, -0.1) is 0 Å². The molecule has 3 rings (SSSR count). The summed E-state index contributed by atoms with van der Waals surface area (Å²) in [6, 6.07) is 18.6. The second-order valence-corrected chi connectivity index (χ2v) is 5.15. The molecule has 1 aliphatic rings. The van der Waals surface area contributed by atoms with Gasteiger partial charge < -0.3 is 4.74 Å². The lowest BCUT2D eigenvalue weighted by Crippen LogP contribution is -1.96. The Hall–Kier alpha value is -1.31. The molecule has 2 atom stereocenters. The molecule has 2 heteroatoms. The van der Waals surface area contributed by atoms with E-state index in [0.29, 0.717) is 5.92 Å². The molecule has 1 aliphatic heterocycles. The van der Waals surface area contributed by atoms with Crippen molar-refractivity contribution in [3.63, 3.8) is 0 Å². The third kappa shape index (κ3) is 2.43. The second-order valence-electron chi connectivity index (χ2n) is 4.72. The molecular formula is C16H15ClO. The summed E-state index contributed by atoms with van der Waals surface area (Å²) in [5, 5.41) is 0.774. The van der Waals surface area contributed by atoms with Crippen LogP contribution in [0, 0.1) is 0 Å². The quantitative estimate of drug-likeness (QED) is 0.766. The summed E-state index contributed by atoms with van der Waals surface area (Å²) in [6.07, 6.45) is 1.25. The lowest BCUT2D eigenvalue weighted by atomic mass is 9.94. The van der Waals surface area contributed by atoms with Gasteiger partial charge in [0.1, 0.15) is 0 Å². The topological polar surface area (TPSA) is 9.23 Å². The zero-order valence-corrected chi connectivity index (χ0v) is 10.8. The van der Waals surface area contributed by atoms with Crippen LogP contribution in [0.3, 0.4) is 0 Å². The van der Waals surface area contributed by atoms with Crippen LogP contribution < -0.4 is 0 Å². The highest BCUT2D eigenvalue weighted by molar-refractivity contribution is 6.30. The lowest BCUT2D eigenvalue weighted by molar-refractivity contribution is 0.110. The molecule has 0 bridgehead atoms. The summed E-state index contributed by atoms with van der Waals surface area (Å²) in [5.74, 6) is 0.506. The Bertz CT molecular complexity index is 506. The summed E-state index contributed by atoms with van der Waals surface area (Å²) >= 11 is 5.90. The van der Waals surface area contributed by atoms with E-state index < -0.39 is 0 Å². The Morgan fingerprint density at radius 2 is 1.61 bits per heavy atom. The first kappa shape index (κ1) is 11.8. The van der Waals surface area contributed by atoms with Crippen LogP contribution in [0.15, 0.2) is 54.6 Å². The highest BCUT2D eigenvalue weighted by Crippen LogP contribution is 2.38. The van der Waals surface area contributed by atoms with Crippen LogP contribution in [0.1, 0.15) is 29.6 Å². The minimum Gasteiger partial charge on any atom is -0.373 e. The van der Waals surface area contributed by atoms with Crippen LogP contribution in [-0.2, 0) is 4.74 Å². The minimum atomic E-state index is 0.201. The first-order valence-electron chi connectivity index (χ1n) is 6.25. The standard InChI is InChI=1S/C16H15ClO/c17-15-8-6-13(7-9-15)16-10-14(11-18-16)12-4-2-1-3-5-12/h1-9,14,16H,10-11H2/t14-,16+/m0/s1. The monoisotopic (exact) mass is 258 g/mol. The van der Waals surface area contributed by atoms with E-state index in [9.17, 15) is 0 Å². The molecule has 0 aliphatic carbocycles. The number of halogens is 1. The van der Waals surface area contributed by atoms with Gasteiger partial charge in [-0.2, -0.15) is 0 Å². The largest absolute Gasteiger partial charge is 0.373 e. The highest BCUT2D eigenvalue weighted by atomic mass is 35.5. The molecule has 0 amide bonds. The molecule has 0 saturated carbocycles. The fraction of sp³-hybridized carbons (Fsp3) is 0.250. The van der Waals surface area contributed by atoms with Gasteiger partial charge in [0.15, 0.2) is 0 Å². The lowest BCUT2D eigenvalue weighted by Gasteiger charge is -2.10. The van der Waals surface area contributed by atoms with Crippen LogP contribution in [0.25, 0.3) is 0 Å². The molecule has 1 fully saturated rings. The number of hydrogen-bond acceptors (Lipinski definition) is 1. The number of rotatable bonds is 2. The van der Waals surface area contributed by atoms with Crippen LogP contribution in [-0.4, -0.2) is 6.61 Å². The third-order valence-electron chi connectivity index (χ3n) is 3.51. The van der Waals surface area contributed by atoms with Gasteiger partial charge in [0.05, 0.1) is 12.7 Å². The predicted octanol–water partition coefficient (Wildman–Crippen LogP) is 4.59. The maximum Gasteiger partial charge on any atom is 0.0831 e. The fourth-order valence-electron chi connectivity index (χ4n) is 2.49. The van der Waals surface area contributed by atoms with E-state index in [1.807, 2.05) is 12.1 Å². The highest BCUT2D eigenvalue weighted by Gasteiger charge is 2.27. The molecule has 2 aromatic rings. The van der Waals surface area contributed by atoms with Gasteiger partial charge in [0.25, 0.3) is 0 Å². The van der Waals surface area contributed by atoms with Crippen molar-refractivity contribution in [2.45, 2.75) is 18.4 Å². The van der Waals surface area contributed by atoms with E-state index >= 15 is 0 Å². The van der Waals surface area contributed by atoms with E-state index in [0.717, 1.165) is 18.1 Å². The van der Waals surface area contributed by atoms with Crippen molar-refractivity contribution in [3.8, 4) is 0 Å². The van der Waals surface area contributed by atoms with E-state index in [-0.39, 0.29) is 6.10 Å². The molecule has 0 unspecified atom stereocenters. The SMILES string of the molecule is Clc1ccc([C@H]2C[C@H](c3ccccc3)CO2)cc1. The molecule has 1 nitrogen and oxygen atoms in total. The molecule has 92 valence electrons. The molecular weight excluding hydrogens is 244 g/mol. The van der Waals surface area contributed by atoms with Gasteiger partial charge in [-0.3, -0.25) is 0 Å². The van der Waals surface area contributed by atoms with Crippen molar-refractivity contribution < 1.29 is 4.74 Å². The molecule has 0 spiro atoms. The van der Waals surface area contributed by atoms with Crippen molar-refractivity contribution >= 4 is 11.6 Å². The zero-order chi connectivity index (χ0) is 12.4. The Balaban J connectivity index is 1.74. The van der Waals surface area contributed by atoms with Crippen molar-refractivity contribution in [2.24, 2.45) is 0 Å². The normalized spacial score (nSPS) is 23.2. The minimum absolute atomic E-state index is 0.201. The maximum atomic E-state index is 5.90. The maximum absolute atomic E-state index is 5.90. The van der Waals surface area contributed by atoms with Crippen LogP contribution in [0.5, 0.6) is 0 Å². The molecule has 18 heavy (non-hydrogen) atoms. The summed E-state index contributed by atoms with van der Waals surface area (Å²) in [4.78, 5) is 0. The Labute approximate surface area is 112 Å². The van der Waals surface area contributed by atoms with Gasteiger partial charge in [-0.05, 0) is 29.7 Å². The third-order valence-corrected chi connectivity index (χ3v) is 3.76. The van der Waals surface area contributed by atoms with Crippen molar-refractivity contribution in [3.05, 3.63) is 70.7 Å². The Morgan fingerprint density at radius 3 is 2.33 bits per heavy atom. The molecule has 0 aromatic heterocycles. The van der Waals surface area contributed by atoms with E-state index in [1.54, 1.807) is 0 Å². The molecule has 1 saturated heterocycles. The van der Waals surface area contributed by atoms with Crippen LogP contribution in [0.2, 0.25) is 5.02 Å². The number of ether oxygens (including phenoxy) is 1. The number of hydrogen-bond donors (Lipinski definition) is 0. The molecule has 1 heterocycles. The molecule has 0 N–H and O–H groups in total. The van der Waals surface area contributed by atoms with Crippen LogP contribution in [0.4, 0.5) is 0 Å². The van der Waals surface area contributed by atoms with Crippen molar-refractivity contribution in [2.75, 3.05) is 6.61 Å². The van der Waals surface area contributed by atoms with Crippen LogP contribution >= 0.6 is 11.6 Å².